The Morgan fingerprint density at radius 3 is 2.70 bits per heavy atom. The van der Waals surface area contributed by atoms with E-state index in [9.17, 15) is 0 Å². The summed E-state index contributed by atoms with van der Waals surface area (Å²) in [6.45, 7) is 2.15. The molecule has 0 saturated heterocycles. The van der Waals surface area contributed by atoms with Crippen molar-refractivity contribution in [3.8, 4) is 5.06 Å². The van der Waals surface area contributed by atoms with Gasteiger partial charge >= 0.3 is 0 Å². The molecule has 1 rings (SSSR count). The SMILES string of the molecule is CCc1cc(I)c(OC)s1. The normalized spacial score (nSPS) is 9.90. The topological polar surface area (TPSA) is 9.23 Å². The molecule has 1 aromatic heterocycles. The largest absolute Gasteiger partial charge is 0.486 e. The van der Waals surface area contributed by atoms with E-state index in [1.807, 2.05) is 0 Å². The zero-order valence-corrected chi connectivity index (χ0v) is 8.95. The monoisotopic (exact) mass is 268 g/mol. The van der Waals surface area contributed by atoms with Gasteiger partial charge in [0, 0.05) is 4.88 Å². The number of methoxy groups -OCH3 is 1. The highest BCUT2D eigenvalue weighted by Crippen LogP contribution is 2.31. The Kier molecular flexibility index (Phi) is 2.97. The summed E-state index contributed by atoms with van der Waals surface area (Å²) >= 11 is 4.02. The molecule has 1 heterocycles. The Morgan fingerprint density at radius 1 is 1.70 bits per heavy atom. The molecule has 0 aromatic carbocycles. The fourth-order valence-electron chi connectivity index (χ4n) is 0.711. The van der Waals surface area contributed by atoms with Gasteiger partial charge in [-0.25, -0.2) is 0 Å². The van der Waals surface area contributed by atoms with Gasteiger partial charge in [-0.05, 0) is 35.1 Å². The minimum atomic E-state index is 1.04. The third kappa shape index (κ3) is 1.63. The third-order valence-corrected chi connectivity index (χ3v) is 3.65. The zero-order chi connectivity index (χ0) is 7.56. The lowest BCUT2D eigenvalue weighted by Crippen LogP contribution is -1.77. The Morgan fingerprint density at radius 2 is 2.40 bits per heavy atom. The van der Waals surface area contributed by atoms with E-state index in [0.717, 1.165) is 11.5 Å². The molecule has 56 valence electrons. The quantitative estimate of drug-likeness (QED) is 0.749. The van der Waals surface area contributed by atoms with Crippen molar-refractivity contribution in [2.75, 3.05) is 7.11 Å². The number of rotatable bonds is 2. The molecule has 1 nitrogen and oxygen atoms in total. The van der Waals surface area contributed by atoms with Crippen molar-refractivity contribution in [1.82, 2.24) is 0 Å². The van der Waals surface area contributed by atoms with Crippen LogP contribution in [0.4, 0.5) is 0 Å². The van der Waals surface area contributed by atoms with Gasteiger partial charge in [0.2, 0.25) is 0 Å². The number of thiophene rings is 1. The first-order valence-electron chi connectivity index (χ1n) is 3.10. The number of aryl methyl sites for hydroxylation is 1. The van der Waals surface area contributed by atoms with Gasteiger partial charge in [0.05, 0.1) is 10.7 Å². The van der Waals surface area contributed by atoms with Gasteiger partial charge in [0.25, 0.3) is 0 Å². The van der Waals surface area contributed by atoms with Crippen molar-refractivity contribution in [2.24, 2.45) is 0 Å². The van der Waals surface area contributed by atoms with Gasteiger partial charge in [-0.15, -0.1) is 11.3 Å². The van der Waals surface area contributed by atoms with E-state index in [4.69, 9.17) is 4.74 Å². The first kappa shape index (κ1) is 8.33. The van der Waals surface area contributed by atoms with Gasteiger partial charge in [-0.3, -0.25) is 0 Å². The molecule has 0 aliphatic carbocycles. The molecule has 0 aliphatic rings. The van der Waals surface area contributed by atoms with Crippen LogP contribution in [0.3, 0.4) is 0 Å². The maximum atomic E-state index is 5.14. The molecule has 0 spiro atoms. The van der Waals surface area contributed by atoms with Gasteiger partial charge in [0.15, 0.2) is 5.06 Å². The van der Waals surface area contributed by atoms with Gasteiger partial charge in [-0.1, -0.05) is 6.92 Å². The lowest BCUT2D eigenvalue weighted by molar-refractivity contribution is 0.424. The number of hydrogen-bond acceptors (Lipinski definition) is 2. The van der Waals surface area contributed by atoms with Crippen LogP contribution in [0.15, 0.2) is 6.07 Å². The number of ether oxygens (including phenoxy) is 1. The average molecular weight is 268 g/mol. The van der Waals surface area contributed by atoms with Crippen LogP contribution in [0, 0.1) is 3.57 Å². The summed E-state index contributed by atoms with van der Waals surface area (Å²) < 4.78 is 6.36. The smallest absolute Gasteiger partial charge is 0.187 e. The number of halogens is 1. The maximum absolute atomic E-state index is 5.14. The van der Waals surface area contributed by atoms with Crippen LogP contribution in [-0.4, -0.2) is 7.11 Å². The fraction of sp³-hybridized carbons (Fsp3) is 0.429. The van der Waals surface area contributed by atoms with Crippen LogP contribution in [0.2, 0.25) is 0 Å². The lowest BCUT2D eigenvalue weighted by Gasteiger charge is -1.91. The summed E-state index contributed by atoms with van der Waals surface area (Å²) in [5.41, 5.74) is 0. The van der Waals surface area contributed by atoms with Crippen molar-refractivity contribution in [1.29, 1.82) is 0 Å². The van der Waals surface area contributed by atoms with E-state index in [1.54, 1.807) is 18.4 Å². The molecule has 0 unspecified atom stereocenters. The molecule has 0 radical (unpaired) electrons. The maximum Gasteiger partial charge on any atom is 0.187 e. The highest BCUT2D eigenvalue weighted by atomic mass is 127. The van der Waals surface area contributed by atoms with E-state index in [-0.39, 0.29) is 0 Å². The standard InChI is InChI=1S/C7H9IOS/c1-3-5-4-6(8)7(9-2)10-5/h4H,3H2,1-2H3. The summed E-state index contributed by atoms with van der Waals surface area (Å²) in [7, 11) is 1.72. The van der Waals surface area contributed by atoms with Crippen molar-refractivity contribution >= 4 is 33.9 Å². The molecule has 0 aliphatic heterocycles. The lowest BCUT2D eigenvalue weighted by atomic mass is 10.4. The van der Waals surface area contributed by atoms with E-state index in [0.29, 0.717) is 0 Å². The Labute approximate surface area is 78.5 Å². The van der Waals surface area contributed by atoms with Crippen LogP contribution in [-0.2, 0) is 6.42 Å². The molecule has 0 bridgehead atoms. The Balaban J connectivity index is 2.92. The number of hydrogen-bond donors (Lipinski definition) is 0. The van der Waals surface area contributed by atoms with E-state index in [1.165, 1.54) is 8.45 Å². The molecule has 0 amide bonds. The molecule has 3 heteroatoms. The Bertz CT molecular complexity index is 219. The summed E-state index contributed by atoms with van der Waals surface area (Å²) in [6.07, 6.45) is 1.10. The van der Waals surface area contributed by atoms with E-state index in [2.05, 4.69) is 35.6 Å². The molecule has 0 saturated carbocycles. The van der Waals surface area contributed by atoms with Gasteiger partial charge in [-0.2, -0.15) is 0 Å². The molecule has 1 aromatic rings. The van der Waals surface area contributed by atoms with Gasteiger partial charge < -0.3 is 4.74 Å². The molecule has 0 atom stereocenters. The van der Waals surface area contributed by atoms with Gasteiger partial charge in [0.1, 0.15) is 0 Å². The van der Waals surface area contributed by atoms with Crippen LogP contribution >= 0.6 is 33.9 Å². The average Bonchev–Trinajstić information content (AvgIpc) is 2.30. The summed E-state index contributed by atoms with van der Waals surface area (Å²) in [5.74, 6) is 0. The molecular formula is C7H9IOS. The predicted molar refractivity (Wildman–Crippen MR) is 53.0 cm³/mol. The van der Waals surface area contributed by atoms with Crippen molar-refractivity contribution in [3.63, 3.8) is 0 Å². The highest BCUT2D eigenvalue weighted by Gasteiger charge is 2.03. The van der Waals surface area contributed by atoms with E-state index >= 15 is 0 Å². The van der Waals surface area contributed by atoms with Crippen LogP contribution in [0.1, 0.15) is 11.8 Å². The van der Waals surface area contributed by atoms with Crippen LogP contribution in [0.5, 0.6) is 5.06 Å². The predicted octanol–water partition coefficient (Wildman–Crippen LogP) is 2.92. The first-order chi connectivity index (χ1) is 4.77. The van der Waals surface area contributed by atoms with Crippen LogP contribution in [0.25, 0.3) is 0 Å². The Hall–Kier alpha value is 0.230. The molecular weight excluding hydrogens is 259 g/mol. The highest BCUT2D eigenvalue weighted by molar-refractivity contribution is 14.1. The fourth-order valence-corrected chi connectivity index (χ4v) is 2.65. The second-order valence-corrected chi connectivity index (χ2v) is 4.17. The summed E-state index contributed by atoms with van der Waals surface area (Å²) in [6, 6.07) is 2.17. The zero-order valence-electron chi connectivity index (χ0n) is 5.98. The van der Waals surface area contributed by atoms with Crippen molar-refractivity contribution < 1.29 is 4.74 Å². The minimum absolute atomic E-state index is 1.04. The van der Waals surface area contributed by atoms with Crippen molar-refractivity contribution in [3.05, 3.63) is 14.5 Å². The minimum Gasteiger partial charge on any atom is -0.486 e. The molecule has 0 N–H and O–H groups in total. The first-order valence-corrected chi connectivity index (χ1v) is 4.99. The second-order valence-electron chi connectivity index (χ2n) is 1.91. The second kappa shape index (κ2) is 3.57. The van der Waals surface area contributed by atoms with Crippen molar-refractivity contribution in [2.45, 2.75) is 13.3 Å². The molecule has 0 fully saturated rings. The van der Waals surface area contributed by atoms with E-state index < -0.39 is 0 Å². The third-order valence-electron chi connectivity index (χ3n) is 1.24. The van der Waals surface area contributed by atoms with Crippen LogP contribution < -0.4 is 4.74 Å². The summed E-state index contributed by atoms with van der Waals surface area (Å²) in [4.78, 5) is 1.39. The molecule has 10 heavy (non-hydrogen) atoms. The summed E-state index contributed by atoms with van der Waals surface area (Å²) in [5, 5.41) is 1.04.